The maximum absolute atomic E-state index is 14.0. The highest BCUT2D eigenvalue weighted by atomic mass is 35.5. The maximum Gasteiger partial charge on any atom is 0.128 e. The average molecular weight is 303 g/mol. The van der Waals surface area contributed by atoms with Crippen LogP contribution >= 0.6 is 11.6 Å². The molecule has 2 aromatic carbocycles. The van der Waals surface area contributed by atoms with Crippen LogP contribution in [0.3, 0.4) is 0 Å². The fraction of sp³-hybridized carbons (Fsp3) is 0.176. The van der Waals surface area contributed by atoms with Crippen LogP contribution in [0, 0.1) is 5.82 Å². The molecule has 2 nitrogen and oxygen atoms in total. The second-order valence-corrected chi connectivity index (χ2v) is 5.48. The Morgan fingerprint density at radius 1 is 1.14 bits per heavy atom. The molecule has 1 aromatic heterocycles. The van der Waals surface area contributed by atoms with Gasteiger partial charge in [0.2, 0.25) is 0 Å². The SMILES string of the molecule is CNCc1cc2ccccc2n1Cc1cc(Cl)ccc1F. The maximum atomic E-state index is 14.0. The summed E-state index contributed by atoms with van der Waals surface area (Å²) in [6.07, 6.45) is 0. The Kier molecular flexibility index (Phi) is 3.95. The van der Waals surface area contributed by atoms with Gasteiger partial charge in [0, 0.05) is 28.3 Å². The molecule has 0 saturated carbocycles. The minimum Gasteiger partial charge on any atom is -0.339 e. The molecule has 0 aliphatic heterocycles. The van der Waals surface area contributed by atoms with Crippen LogP contribution in [-0.4, -0.2) is 11.6 Å². The van der Waals surface area contributed by atoms with E-state index in [0.717, 1.165) is 23.1 Å². The van der Waals surface area contributed by atoms with E-state index in [-0.39, 0.29) is 5.82 Å². The average Bonchev–Trinajstić information content (AvgIpc) is 2.81. The van der Waals surface area contributed by atoms with E-state index in [2.05, 4.69) is 28.1 Å². The largest absolute Gasteiger partial charge is 0.339 e. The van der Waals surface area contributed by atoms with E-state index in [9.17, 15) is 4.39 Å². The van der Waals surface area contributed by atoms with Crippen LogP contribution in [-0.2, 0) is 13.1 Å². The van der Waals surface area contributed by atoms with Crippen molar-refractivity contribution in [2.75, 3.05) is 7.05 Å². The zero-order chi connectivity index (χ0) is 14.8. The number of aromatic nitrogens is 1. The van der Waals surface area contributed by atoms with Crippen molar-refractivity contribution >= 4 is 22.5 Å². The van der Waals surface area contributed by atoms with Crippen molar-refractivity contribution in [3.8, 4) is 0 Å². The van der Waals surface area contributed by atoms with Gasteiger partial charge in [-0.1, -0.05) is 29.8 Å². The first-order chi connectivity index (χ1) is 10.2. The first-order valence-electron chi connectivity index (χ1n) is 6.84. The summed E-state index contributed by atoms with van der Waals surface area (Å²) >= 11 is 5.99. The molecule has 4 heteroatoms. The molecule has 3 aromatic rings. The predicted octanol–water partition coefficient (Wildman–Crippen LogP) is 4.20. The van der Waals surface area contributed by atoms with Gasteiger partial charge in [0.1, 0.15) is 5.82 Å². The lowest BCUT2D eigenvalue weighted by Gasteiger charge is -2.12. The lowest BCUT2D eigenvalue weighted by molar-refractivity contribution is 0.596. The van der Waals surface area contributed by atoms with Gasteiger partial charge >= 0.3 is 0 Å². The van der Waals surface area contributed by atoms with Crippen LogP contribution in [0.1, 0.15) is 11.3 Å². The lowest BCUT2D eigenvalue weighted by atomic mass is 10.2. The van der Waals surface area contributed by atoms with Crippen molar-refractivity contribution in [3.05, 3.63) is 70.6 Å². The summed E-state index contributed by atoms with van der Waals surface area (Å²) < 4.78 is 16.1. The number of halogens is 2. The molecule has 21 heavy (non-hydrogen) atoms. The quantitative estimate of drug-likeness (QED) is 0.764. The van der Waals surface area contributed by atoms with Gasteiger partial charge in [-0.2, -0.15) is 0 Å². The van der Waals surface area contributed by atoms with Crippen LogP contribution in [0.4, 0.5) is 4.39 Å². The van der Waals surface area contributed by atoms with Gasteiger partial charge < -0.3 is 9.88 Å². The molecule has 0 atom stereocenters. The van der Waals surface area contributed by atoms with Crippen molar-refractivity contribution in [2.24, 2.45) is 0 Å². The summed E-state index contributed by atoms with van der Waals surface area (Å²) in [5, 5.41) is 4.87. The van der Waals surface area contributed by atoms with E-state index in [4.69, 9.17) is 11.6 Å². The van der Waals surface area contributed by atoms with Crippen molar-refractivity contribution in [3.63, 3.8) is 0 Å². The molecule has 0 radical (unpaired) electrons. The van der Waals surface area contributed by atoms with Gasteiger partial charge in [-0.25, -0.2) is 4.39 Å². The van der Waals surface area contributed by atoms with E-state index >= 15 is 0 Å². The standard InChI is InChI=1S/C17H16ClFN2/c1-20-10-15-9-12-4-2-3-5-17(12)21(15)11-13-8-14(18)6-7-16(13)19/h2-9,20H,10-11H2,1H3. The van der Waals surface area contributed by atoms with Gasteiger partial charge in [0.25, 0.3) is 0 Å². The zero-order valence-corrected chi connectivity index (χ0v) is 12.5. The van der Waals surface area contributed by atoms with Gasteiger partial charge in [-0.15, -0.1) is 0 Å². The van der Waals surface area contributed by atoms with Crippen LogP contribution in [0.15, 0.2) is 48.5 Å². The fourth-order valence-electron chi connectivity index (χ4n) is 2.62. The molecule has 0 fully saturated rings. The molecule has 1 heterocycles. The number of nitrogens with one attached hydrogen (secondary N) is 1. The molecule has 0 bridgehead atoms. The second-order valence-electron chi connectivity index (χ2n) is 5.05. The van der Waals surface area contributed by atoms with Crippen molar-refractivity contribution < 1.29 is 4.39 Å². The first kappa shape index (κ1) is 14.1. The molecule has 0 unspecified atom stereocenters. The lowest BCUT2D eigenvalue weighted by Crippen LogP contribution is -2.12. The molecule has 0 amide bonds. The monoisotopic (exact) mass is 302 g/mol. The molecular weight excluding hydrogens is 287 g/mol. The summed E-state index contributed by atoms with van der Waals surface area (Å²) in [5.74, 6) is -0.229. The summed E-state index contributed by atoms with van der Waals surface area (Å²) in [4.78, 5) is 0. The highest BCUT2D eigenvalue weighted by molar-refractivity contribution is 6.30. The Bertz CT molecular complexity index is 780. The van der Waals surface area contributed by atoms with Crippen molar-refractivity contribution in [2.45, 2.75) is 13.1 Å². The zero-order valence-electron chi connectivity index (χ0n) is 11.7. The van der Waals surface area contributed by atoms with Gasteiger partial charge in [0.05, 0.1) is 6.54 Å². The third kappa shape index (κ3) is 2.80. The van der Waals surface area contributed by atoms with Crippen molar-refractivity contribution in [1.82, 2.24) is 9.88 Å². The van der Waals surface area contributed by atoms with Crippen LogP contribution in [0.5, 0.6) is 0 Å². The minimum absolute atomic E-state index is 0.229. The summed E-state index contributed by atoms with van der Waals surface area (Å²) in [6, 6.07) is 14.9. The Balaban J connectivity index is 2.10. The highest BCUT2D eigenvalue weighted by Crippen LogP contribution is 2.23. The first-order valence-corrected chi connectivity index (χ1v) is 7.22. The van der Waals surface area contributed by atoms with E-state index in [0.29, 0.717) is 17.1 Å². The number of rotatable bonds is 4. The summed E-state index contributed by atoms with van der Waals surface area (Å²) in [6.45, 7) is 1.20. The van der Waals surface area contributed by atoms with E-state index in [1.165, 1.54) is 6.07 Å². The normalized spacial score (nSPS) is 11.2. The molecule has 1 N–H and O–H groups in total. The van der Waals surface area contributed by atoms with Gasteiger partial charge in [-0.05, 0) is 42.8 Å². The Morgan fingerprint density at radius 3 is 2.76 bits per heavy atom. The van der Waals surface area contributed by atoms with Crippen molar-refractivity contribution in [1.29, 1.82) is 0 Å². The van der Waals surface area contributed by atoms with Crippen LogP contribution in [0.2, 0.25) is 5.02 Å². The smallest absolute Gasteiger partial charge is 0.128 e. The third-order valence-corrected chi connectivity index (χ3v) is 3.83. The fourth-order valence-corrected chi connectivity index (χ4v) is 2.81. The second kappa shape index (κ2) is 5.88. The van der Waals surface area contributed by atoms with Crippen LogP contribution < -0.4 is 5.32 Å². The van der Waals surface area contributed by atoms with Gasteiger partial charge in [-0.3, -0.25) is 0 Å². The summed E-state index contributed by atoms with van der Waals surface area (Å²) in [7, 11) is 1.90. The Hall–Kier alpha value is -1.84. The third-order valence-electron chi connectivity index (χ3n) is 3.59. The van der Waals surface area contributed by atoms with Gasteiger partial charge in [0.15, 0.2) is 0 Å². The highest BCUT2D eigenvalue weighted by Gasteiger charge is 2.11. The minimum atomic E-state index is -0.229. The topological polar surface area (TPSA) is 17.0 Å². The van der Waals surface area contributed by atoms with E-state index < -0.39 is 0 Å². The number of hydrogen-bond donors (Lipinski definition) is 1. The summed E-state index contributed by atoms with van der Waals surface area (Å²) in [5.41, 5.74) is 2.82. The predicted molar refractivity (Wildman–Crippen MR) is 85.2 cm³/mol. The molecular formula is C17H16ClFN2. The molecule has 108 valence electrons. The number of nitrogens with zero attached hydrogens (tertiary/aromatic N) is 1. The van der Waals surface area contributed by atoms with Crippen LogP contribution in [0.25, 0.3) is 10.9 Å². The number of para-hydroxylation sites is 1. The van der Waals surface area contributed by atoms with E-state index in [1.807, 2.05) is 19.2 Å². The Morgan fingerprint density at radius 2 is 1.95 bits per heavy atom. The number of hydrogen-bond acceptors (Lipinski definition) is 1. The molecule has 0 spiro atoms. The number of benzene rings is 2. The molecule has 0 aliphatic carbocycles. The Labute approximate surface area is 128 Å². The molecule has 0 aliphatic rings. The van der Waals surface area contributed by atoms with E-state index in [1.54, 1.807) is 12.1 Å². The number of fused-ring (bicyclic) bond motifs is 1. The molecule has 3 rings (SSSR count). The molecule has 0 saturated heterocycles.